The quantitative estimate of drug-likeness (QED) is 0.747. The molecule has 1 aliphatic rings. The van der Waals surface area contributed by atoms with Gasteiger partial charge in [-0.25, -0.2) is 0 Å². The van der Waals surface area contributed by atoms with Gasteiger partial charge in [0, 0.05) is 18.3 Å². The highest BCUT2D eigenvalue weighted by molar-refractivity contribution is 7.99. The molecule has 1 fully saturated rings. The van der Waals surface area contributed by atoms with Crippen molar-refractivity contribution in [2.24, 2.45) is 5.41 Å². The molecule has 0 aromatic heterocycles. The molecule has 0 aromatic rings. The number of carbonyl (C=O) groups is 1. The summed E-state index contributed by atoms with van der Waals surface area (Å²) in [4.78, 5) is 10.9. The van der Waals surface area contributed by atoms with Crippen LogP contribution in [-0.4, -0.2) is 37.2 Å². The first-order valence-electron chi connectivity index (χ1n) is 5.41. The number of hydrogen-bond donors (Lipinski definition) is 1. The molecule has 15 heavy (non-hydrogen) atoms. The zero-order valence-electron chi connectivity index (χ0n) is 9.84. The van der Waals surface area contributed by atoms with Crippen molar-refractivity contribution >= 4 is 17.7 Å². The average molecular weight is 231 g/mol. The van der Waals surface area contributed by atoms with Crippen LogP contribution in [0.1, 0.15) is 26.7 Å². The van der Waals surface area contributed by atoms with E-state index in [-0.39, 0.29) is 5.97 Å². The van der Waals surface area contributed by atoms with Gasteiger partial charge >= 0.3 is 5.97 Å². The van der Waals surface area contributed by atoms with Crippen LogP contribution in [0.4, 0.5) is 0 Å². The molecule has 0 spiro atoms. The molecule has 0 aromatic carbocycles. The Balaban J connectivity index is 2.18. The minimum Gasteiger partial charge on any atom is -0.469 e. The fourth-order valence-electron chi connectivity index (χ4n) is 1.87. The Hall–Kier alpha value is -0.220. The van der Waals surface area contributed by atoms with Gasteiger partial charge in [0.25, 0.3) is 0 Å². The average Bonchev–Trinajstić information content (AvgIpc) is 2.16. The maximum Gasteiger partial charge on any atom is 0.306 e. The zero-order valence-corrected chi connectivity index (χ0v) is 10.7. The fraction of sp³-hybridized carbons (Fsp3) is 0.909. The van der Waals surface area contributed by atoms with E-state index in [1.54, 1.807) is 0 Å². The smallest absolute Gasteiger partial charge is 0.306 e. The molecule has 1 rings (SSSR count). The van der Waals surface area contributed by atoms with Gasteiger partial charge in [0.2, 0.25) is 0 Å². The second-order valence-corrected chi connectivity index (χ2v) is 5.89. The highest BCUT2D eigenvalue weighted by atomic mass is 32.2. The van der Waals surface area contributed by atoms with Crippen LogP contribution in [0.5, 0.6) is 0 Å². The minimum absolute atomic E-state index is 0.134. The van der Waals surface area contributed by atoms with Gasteiger partial charge in [0.05, 0.1) is 13.5 Å². The largest absolute Gasteiger partial charge is 0.469 e. The topological polar surface area (TPSA) is 38.3 Å². The van der Waals surface area contributed by atoms with Crippen LogP contribution in [0.15, 0.2) is 0 Å². The molecule has 0 bridgehead atoms. The van der Waals surface area contributed by atoms with Crippen molar-refractivity contribution < 1.29 is 9.53 Å². The van der Waals surface area contributed by atoms with E-state index in [2.05, 4.69) is 23.9 Å². The van der Waals surface area contributed by atoms with Crippen LogP contribution >= 0.6 is 11.8 Å². The van der Waals surface area contributed by atoms with Crippen LogP contribution in [0, 0.1) is 5.41 Å². The van der Waals surface area contributed by atoms with Gasteiger partial charge < -0.3 is 10.1 Å². The third-order valence-electron chi connectivity index (χ3n) is 2.60. The van der Waals surface area contributed by atoms with Gasteiger partial charge in [-0.05, 0) is 17.6 Å². The first kappa shape index (κ1) is 12.8. The van der Waals surface area contributed by atoms with Gasteiger partial charge in [-0.15, -0.1) is 0 Å². The maximum atomic E-state index is 10.9. The van der Waals surface area contributed by atoms with Crippen molar-refractivity contribution in [3.05, 3.63) is 0 Å². The molecule has 1 unspecified atom stereocenters. The predicted molar refractivity (Wildman–Crippen MR) is 64.1 cm³/mol. The zero-order chi connectivity index (χ0) is 11.3. The lowest BCUT2D eigenvalue weighted by atomic mass is 9.88. The van der Waals surface area contributed by atoms with Crippen molar-refractivity contribution in [3.8, 4) is 0 Å². The predicted octanol–water partition coefficient (Wildman–Crippen LogP) is 1.67. The number of thioether (sulfide) groups is 1. The van der Waals surface area contributed by atoms with E-state index in [4.69, 9.17) is 0 Å². The van der Waals surface area contributed by atoms with Crippen LogP contribution in [0.3, 0.4) is 0 Å². The van der Waals surface area contributed by atoms with Crippen LogP contribution in [-0.2, 0) is 9.53 Å². The molecule has 1 saturated heterocycles. The summed E-state index contributed by atoms with van der Waals surface area (Å²) in [6, 6.07) is 0.545. The Bertz CT molecular complexity index is 219. The van der Waals surface area contributed by atoms with Crippen LogP contribution < -0.4 is 5.32 Å². The van der Waals surface area contributed by atoms with E-state index < -0.39 is 0 Å². The molecule has 0 saturated carbocycles. The number of esters is 1. The van der Waals surface area contributed by atoms with Gasteiger partial charge in [0.15, 0.2) is 0 Å². The standard InChI is InChI=1S/C11H21NO2S/c1-11(2)6-9(7-15-8-11)12-5-4-10(13)14-3/h9,12H,4-8H2,1-3H3. The van der Waals surface area contributed by atoms with Crippen LogP contribution in [0.25, 0.3) is 0 Å². The number of methoxy groups -OCH3 is 1. The van der Waals surface area contributed by atoms with Gasteiger partial charge in [-0.3, -0.25) is 4.79 Å². The van der Waals surface area contributed by atoms with Crippen molar-refractivity contribution in [2.45, 2.75) is 32.7 Å². The highest BCUT2D eigenvalue weighted by Crippen LogP contribution is 2.33. The second kappa shape index (κ2) is 5.75. The molecule has 4 heteroatoms. The SMILES string of the molecule is COC(=O)CCNC1CSCC(C)(C)C1. The Labute approximate surface area is 96.3 Å². The lowest BCUT2D eigenvalue weighted by molar-refractivity contribution is -0.140. The van der Waals surface area contributed by atoms with Gasteiger partial charge in [-0.2, -0.15) is 11.8 Å². The molecular weight excluding hydrogens is 210 g/mol. The van der Waals surface area contributed by atoms with Crippen molar-refractivity contribution in [1.82, 2.24) is 5.32 Å². The second-order valence-electron chi connectivity index (χ2n) is 4.86. The lowest BCUT2D eigenvalue weighted by Crippen LogP contribution is -2.41. The Morgan fingerprint density at radius 3 is 2.93 bits per heavy atom. The Morgan fingerprint density at radius 1 is 1.60 bits per heavy atom. The summed E-state index contributed by atoms with van der Waals surface area (Å²) in [7, 11) is 1.43. The minimum atomic E-state index is -0.134. The Morgan fingerprint density at radius 2 is 2.33 bits per heavy atom. The monoisotopic (exact) mass is 231 g/mol. The fourth-order valence-corrected chi connectivity index (χ4v) is 3.18. The van der Waals surface area contributed by atoms with Gasteiger partial charge in [0.1, 0.15) is 0 Å². The third-order valence-corrected chi connectivity index (χ3v) is 4.22. The lowest BCUT2D eigenvalue weighted by Gasteiger charge is -2.35. The molecule has 0 radical (unpaired) electrons. The van der Waals surface area contributed by atoms with Crippen molar-refractivity contribution in [2.75, 3.05) is 25.2 Å². The summed E-state index contributed by atoms with van der Waals surface area (Å²) < 4.78 is 4.60. The summed E-state index contributed by atoms with van der Waals surface area (Å²) in [5, 5.41) is 3.42. The summed E-state index contributed by atoms with van der Waals surface area (Å²) >= 11 is 2.00. The summed E-state index contributed by atoms with van der Waals surface area (Å²) in [5.41, 5.74) is 0.422. The maximum absolute atomic E-state index is 10.9. The molecule has 0 amide bonds. The number of nitrogens with one attached hydrogen (secondary N) is 1. The normalized spacial score (nSPS) is 24.9. The first-order valence-corrected chi connectivity index (χ1v) is 6.57. The first-order chi connectivity index (χ1) is 7.03. The van der Waals surface area contributed by atoms with E-state index in [1.165, 1.54) is 19.3 Å². The van der Waals surface area contributed by atoms with E-state index >= 15 is 0 Å². The molecule has 1 heterocycles. The molecule has 1 atom stereocenters. The molecule has 3 nitrogen and oxygen atoms in total. The molecule has 1 aliphatic heterocycles. The number of ether oxygens (including phenoxy) is 1. The molecule has 88 valence electrons. The Kier molecular flexibility index (Phi) is 4.93. The van der Waals surface area contributed by atoms with E-state index in [1.807, 2.05) is 11.8 Å². The highest BCUT2D eigenvalue weighted by Gasteiger charge is 2.27. The van der Waals surface area contributed by atoms with Crippen molar-refractivity contribution in [3.63, 3.8) is 0 Å². The number of carbonyl (C=O) groups excluding carboxylic acids is 1. The molecular formula is C11H21NO2S. The molecule has 1 N–H and O–H groups in total. The van der Waals surface area contributed by atoms with Crippen molar-refractivity contribution in [1.29, 1.82) is 0 Å². The van der Waals surface area contributed by atoms with E-state index in [9.17, 15) is 4.79 Å². The van der Waals surface area contributed by atoms with Crippen LogP contribution in [0.2, 0.25) is 0 Å². The number of rotatable bonds is 4. The summed E-state index contributed by atoms with van der Waals surface area (Å²) in [6.07, 6.45) is 1.67. The van der Waals surface area contributed by atoms with E-state index in [0.29, 0.717) is 17.9 Å². The molecule has 0 aliphatic carbocycles. The third kappa shape index (κ3) is 4.89. The summed E-state index contributed by atoms with van der Waals surface area (Å²) in [6.45, 7) is 5.33. The summed E-state index contributed by atoms with van der Waals surface area (Å²) in [5.74, 6) is 2.26. The number of hydrogen-bond acceptors (Lipinski definition) is 4. The van der Waals surface area contributed by atoms with E-state index in [0.717, 1.165) is 12.3 Å². The van der Waals surface area contributed by atoms with Gasteiger partial charge in [-0.1, -0.05) is 13.8 Å².